The van der Waals surface area contributed by atoms with Gasteiger partial charge in [0.25, 0.3) is 0 Å². The summed E-state index contributed by atoms with van der Waals surface area (Å²) in [5, 5.41) is 8.16. The minimum atomic E-state index is 0. The van der Waals surface area contributed by atoms with Gasteiger partial charge < -0.3 is 15.4 Å². The maximum absolute atomic E-state index is 11.7. The summed E-state index contributed by atoms with van der Waals surface area (Å²) >= 11 is 0. The lowest BCUT2D eigenvalue weighted by molar-refractivity contribution is -0.121. The molecule has 0 aliphatic heterocycles. The molecule has 0 spiro atoms. The Hall–Kier alpha value is -1.78. The van der Waals surface area contributed by atoms with Crippen molar-refractivity contribution in [3.8, 4) is 5.75 Å². The lowest BCUT2D eigenvalue weighted by atomic mass is 10.0. The molecule has 0 saturated heterocycles. The number of hydrogen-bond donors (Lipinski definition) is 2. The zero-order valence-electron chi connectivity index (χ0n) is 12.3. The van der Waals surface area contributed by atoms with Crippen molar-refractivity contribution in [1.82, 2.24) is 10.6 Å². The molecule has 0 unspecified atom stereocenters. The third-order valence-corrected chi connectivity index (χ3v) is 3.28. The Bertz CT molecular complexity index is 602. The summed E-state index contributed by atoms with van der Waals surface area (Å²) in [6.45, 7) is 1.16. The highest BCUT2D eigenvalue weighted by molar-refractivity contribution is 5.88. The Labute approximate surface area is 131 Å². The monoisotopic (exact) mass is 308 g/mol. The van der Waals surface area contributed by atoms with Crippen molar-refractivity contribution in [1.29, 1.82) is 0 Å². The number of rotatable bonds is 6. The normalized spacial score (nSPS) is 10.0. The zero-order valence-corrected chi connectivity index (χ0v) is 13.1. The summed E-state index contributed by atoms with van der Waals surface area (Å²) in [5.41, 5.74) is 1.02. The Morgan fingerprint density at radius 2 is 1.95 bits per heavy atom. The van der Waals surface area contributed by atoms with E-state index in [0.717, 1.165) is 22.1 Å². The SMILES string of the molecule is CNCCC(=O)NCc1c(OC)ccc2ccccc12.Cl. The summed E-state index contributed by atoms with van der Waals surface area (Å²) < 4.78 is 5.40. The number of hydrogen-bond acceptors (Lipinski definition) is 3. The summed E-state index contributed by atoms with van der Waals surface area (Å²) in [7, 11) is 3.48. The maximum Gasteiger partial charge on any atom is 0.221 e. The van der Waals surface area contributed by atoms with E-state index in [4.69, 9.17) is 4.74 Å². The summed E-state index contributed by atoms with van der Waals surface area (Å²) in [5.74, 6) is 0.840. The van der Waals surface area contributed by atoms with Gasteiger partial charge in [-0.1, -0.05) is 30.3 Å². The van der Waals surface area contributed by atoms with Crippen LogP contribution in [0.3, 0.4) is 0 Å². The molecule has 0 aliphatic rings. The highest BCUT2D eigenvalue weighted by Gasteiger charge is 2.09. The molecule has 0 fully saturated rings. The fourth-order valence-corrected chi connectivity index (χ4v) is 2.20. The zero-order chi connectivity index (χ0) is 14.4. The van der Waals surface area contributed by atoms with E-state index >= 15 is 0 Å². The van der Waals surface area contributed by atoms with E-state index < -0.39 is 0 Å². The number of ether oxygens (including phenoxy) is 1. The third-order valence-electron chi connectivity index (χ3n) is 3.28. The van der Waals surface area contributed by atoms with Gasteiger partial charge in [0.15, 0.2) is 0 Å². The van der Waals surface area contributed by atoms with E-state index in [0.29, 0.717) is 19.5 Å². The van der Waals surface area contributed by atoms with Gasteiger partial charge in [-0.15, -0.1) is 12.4 Å². The highest BCUT2D eigenvalue weighted by Crippen LogP contribution is 2.27. The number of methoxy groups -OCH3 is 1. The van der Waals surface area contributed by atoms with Crippen LogP contribution in [0.15, 0.2) is 36.4 Å². The van der Waals surface area contributed by atoms with Crippen LogP contribution in [0.5, 0.6) is 5.75 Å². The Balaban J connectivity index is 0.00000220. The van der Waals surface area contributed by atoms with Crippen molar-refractivity contribution in [3.05, 3.63) is 42.0 Å². The van der Waals surface area contributed by atoms with E-state index in [1.54, 1.807) is 7.11 Å². The summed E-state index contributed by atoms with van der Waals surface area (Å²) in [4.78, 5) is 11.7. The summed E-state index contributed by atoms with van der Waals surface area (Å²) in [6, 6.07) is 12.1. The van der Waals surface area contributed by atoms with Gasteiger partial charge in [0.1, 0.15) is 5.75 Å². The lowest BCUT2D eigenvalue weighted by Crippen LogP contribution is -2.26. The van der Waals surface area contributed by atoms with Crippen molar-refractivity contribution in [3.63, 3.8) is 0 Å². The van der Waals surface area contributed by atoms with Crippen LogP contribution in [0.25, 0.3) is 10.8 Å². The van der Waals surface area contributed by atoms with Gasteiger partial charge in [-0.3, -0.25) is 4.79 Å². The fraction of sp³-hybridized carbons (Fsp3) is 0.312. The van der Waals surface area contributed by atoms with Crippen molar-refractivity contribution in [2.45, 2.75) is 13.0 Å². The number of nitrogens with one attached hydrogen (secondary N) is 2. The second-order valence-corrected chi connectivity index (χ2v) is 4.60. The number of fused-ring (bicyclic) bond motifs is 1. The van der Waals surface area contributed by atoms with Gasteiger partial charge in [-0.2, -0.15) is 0 Å². The smallest absolute Gasteiger partial charge is 0.221 e. The van der Waals surface area contributed by atoms with Crippen LogP contribution in [0.1, 0.15) is 12.0 Å². The molecule has 5 heteroatoms. The molecule has 2 aromatic rings. The highest BCUT2D eigenvalue weighted by atomic mass is 35.5. The first-order valence-electron chi connectivity index (χ1n) is 6.72. The molecule has 0 aromatic heterocycles. The number of amides is 1. The molecular formula is C16H21ClN2O2. The Morgan fingerprint density at radius 3 is 2.67 bits per heavy atom. The number of carbonyl (C=O) groups excluding carboxylic acids is 1. The second kappa shape index (κ2) is 8.49. The van der Waals surface area contributed by atoms with Gasteiger partial charge in [-0.05, 0) is 23.9 Å². The van der Waals surface area contributed by atoms with Crippen molar-refractivity contribution < 1.29 is 9.53 Å². The number of carbonyl (C=O) groups is 1. The average Bonchev–Trinajstić information content (AvgIpc) is 2.50. The molecule has 0 atom stereocenters. The van der Waals surface area contributed by atoms with Gasteiger partial charge in [0.2, 0.25) is 5.91 Å². The maximum atomic E-state index is 11.7. The third kappa shape index (κ3) is 4.34. The molecule has 21 heavy (non-hydrogen) atoms. The molecule has 4 nitrogen and oxygen atoms in total. The first-order chi connectivity index (χ1) is 9.76. The first kappa shape index (κ1) is 17.3. The van der Waals surface area contributed by atoms with E-state index in [1.165, 1.54) is 0 Å². The Morgan fingerprint density at radius 1 is 1.19 bits per heavy atom. The summed E-state index contributed by atoms with van der Waals surface area (Å²) in [6.07, 6.45) is 0.476. The van der Waals surface area contributed by atoms with Crippen LogP contribution in [0, 0.1) is 0 Å². The van der Waals surface area contributed by atoms with Crippen LogP contribution < -0.4 is 15.4 Å². The minimum absolute atomic E-state index is 0. The molecule has 2 aromatic carbocycles. The molecule has 0 heterocycles. The van der Waals surface area contributed by atoms with Gasteiger partial charge in [-0.25, -0.2) is 0 Å². The van der Waals surface area contributed by atoms with E-state index in [-0.39, 0.29) is 18.3 Å². The van der Waals surface area contributed by atoms with Crippen LogP contribution in [0.4, 0.5) is 0 Å². The predicted molar refractivity (Wildman–Crippen MR) is 88.1 cm³/mol. The van der Waals surface area contributed by atoms with Gasteiger partial charge in [0.05, 0.1) is 7.11 Å². The topological polar surface area (TPSA) is 50.4 Å². The van der Waals surface area contributed by atoms with Crippen molar-refractivity contribution >= 4 is 29.1 Å². The quantitative estimate of drug-likeness (QED) is 0.862. The van der Waals surface area contributed by atoms with Crippen LogP contribution in [-0.4, -0.2) is 26.6 Å². The average molecular weight is 309 g/mol. The van der Waals surface area contributed by atoms with Crippen LogP contribution >= 0.6 is 12.4 Å². The molecule has 2 N–H and O–H groups in total. The largest absolute Gasteiger partial charge is 0.496 e. The minimum Gasteiger partial charge on any atom is -0.496 e. The molecule has 0 bridgehead atoms. The fourth-order valence-electron chi connectivity index (χ4n) is 2.20. The molecule has 0 radical (unpaired) electrons. The standard InChI is InChI=1S/C16H20N2O2.ClH/c1-17-10-9-16(19)18-11-14-13-6-4-3-5-12(13)7-8-15(14)20-2;/h3-8,17H,9-11H2,1-2H3,(H,18,19);1H. The first-order valence-corrected chi connectivity index (χ1v) is 6.72. The van der Waals surface area contributed by atoms with E-state index in [2.05, 4.69) is 16.7 Å². The number of benzene rings is 2. The molecule has 2 rings (SSSR count). The molecule has 1 amide bonds. The predicted octanol–water partition coefficient (Wildman–Crippen LogP) is 2.50. The molecular weight excluding hydrogens is 288 g/mol. The van der Waals surface area contributed by atoms with E-state index in [9.17, 15) is 4.79 Å². The second-order valence-electron chi connectivity index (χ2n) is 4.60. The van der Waals surface area contributed by atoms with Gasteiger partial charge >= 0.3 is 0 Å². The van der Waals surface area contributed by atoms with Crippen molar-refractivity contribution in [2.24, 2.45) is 0 Å². The van der Waals surface area contributed by atoms with Crippen LogP contribution in [-0.2, 0) is 11.3 Å². The lowest BCUT2D eigenvalue weighted by Gasteiger charge is -2.13. The molecule has 0 aliphatic carbocycles. The number of halogens is 1. The van der Waals surface area contributed by atoms with Crippen LogP contribution in [0.2, 0.25) is 0 Å². The van der Waals surface area contributed by atoms with Crippen molar-refractivity contribution in [2.75, 3.05) is 20.7 Å². The van der Waals surface area contributed by atoms with Gasteiger partial charge in [0, 0.05) is 25.1 Å². The molecule has 114 valence electrons. The molecule has 0 saturated carbocycles. The Kier molecular flexibility index (Phi) is 6.99. The van der Waals surface area contributed by atoms with E-state index in [1.807, 2.05) is 37.4 Å².